The van der Waals surface area contributed by atoms with E-state index >= 15 is 0 Å². The highest BCUT2D eigenvalue weighted by Gasteiger charge is 2.31. The summed E-state index contributed by atoms with van der Waals surface area (Å²) in [5, 5.41) is 9.23. The van der Waals surface area contributed by atoms with Gasteiger partial charge in [0.2, 0.25) is 0 Å². The highest BCUT2D eigenvalue weighted by molar-refractivity contribution is 5.67. The lowest BCUT2D eigenvalue weighted by Gasteiger charge is -2.40. The molecule has 0 aliphatic carbocycles. The first-order valence-corrected chi connectivity index (χ1v) is 11.8. The summed E-state index contributed by atoms with van der Waals surface area (Å²) in [6.07, 6.45) is 23.1. The van der Waals surface area contributed by atoms with Crippen molar-refractivity contribution in [3.05, 3.63) is 0 Å². The van der Waals surface area contributed by atoms with E-state index in [0.717, 1.165) is 24.1 Å². The van der Waals surface area contributed by atoms with Crippen LogP contribution in [0, 0.1) is 0 Å². The van der Waals surface area contributed by atoms with Crippen LogP contribution in [-0.4, -0.2) is 41.7 Å². The van der Waals surface area contributed by atoms with Crippen LogP contribution in [-0.2, 0) is 4.79 Å². The highest BCUT2D eigenvalue weighted by atomic mass is 16.4. The molecule has 0 aromatic rings. The molecule has 0 aromatic heterocycles. The summed E-state index contributed by atoms with van der Waals surface area (Å²) >= 11 is 0. The molecule has 1 fully saturated rings. The Balaban J connectivity index is 1.91. The van der Waals surface area contributed by atoms with E-state index in [9.17, 15) is 9.90 Å². The van der Waals surface area contributed by atoms with Crippen LogP contribution in [0.5, 0.6) is 0 Å². The average molecular weight is 369 g/mol. The zero-order chi connectivity index (χ0) is 18.9. The smallest absolute Gasteiger partial charge is 0.359 e. The molecule has 0 atom stereocenters. The van der Waals surface area contributed by atoms with Crippen molar-refractivity contribution < 1.29 is 14.4 Å². The number of carboxylic acids is 1. The van der Waals surface area contributed by atoms with Gasteiger partial charge in [-0.05, 0) is 32.1 Å². The van der Waals surface area contributed by atoms with Crippen LogP contribution in [0.4, 0.5) is 0 Å². The van der Waals surface area contributed by atoms with Gasteiger partial charge in [0, 0.05) is 0 Å². The van der Waals surface area contributed by atoms with Gasteiger partial charge in [-0.25, -0.2) is 4.79 Å². The lowest BCUT2D eigenvalue weighted by atomic mass is 10.0. The predicted molar refractivity (Wildman–Crippen MR) is 112 cm³/mol. The van der Waals surface area contributed by atoms with Gasteiger partial charge in [-0.3, -0.25) is 0 Å². The number of carboxylic acid groups (broad SMARTS) is 1. The Kier molecular flexibility index (Phi) is 14.0. The number of hydrogen-bond acceptors (Lipinski definition) is 1. The lowest BCUT2D eigenvalue weighted by Crippen LogP contribution is -2.54. The number of hydrogen-bond donors (Lipinski definition) is 1. The normalized spacial score (nSPS) is 16.7. The fourth-order valence-corrected chi connectivity index (χ4v) is 4.57. The van der Waals surface area contributed by atoms with Gasteiger partial charge in [-0.2, -0.15) is 0 Å². The van der Waals surface area contributed by atoms with E-state index in [1.54, 1.807) is 0 Å². The molecule has 1 saturated heterocycles. The van der Waals surface area contributed by atoms with Crippen LogP contribution < -0.4 is 0 Å². The molecule has 1 heterocycles. The predicted octanol–water partition coefficient (Wildman–Crippen LogP) is 6.55. The Labute approximate surface area is 163 Å². The van der Waals surface area contributed by atoms with Crippen molar-refractivity contribution in [1.29, 1.82) is 0 Å². The first-order valence-electron chi connectivity index (χ1n) is 11.8. The quantitative estimate of drug-likeness (QED) is 0.233. The monoisotopic (exact) mass is 368 g/mol. The van der Waals surface area contributed by atoms with Gasteiger partial charge in [-0.1, -0.05) is 84.0 Å². The van der Waals surface area contributed by atoms with Gasteiger partial charge in [0.15, 0.2) is 6.54 Å². The molecule has 0 bridgehead atoms. The van der Waals surface area contributed by atoms with Crippen molar-refractivity contribution in [3.8, 4) is 0 Å². The molecule has 0 saturated carbocycles. The SMILES string of the molecule is CCCCCCCCCCCCCCCC[N+]1(CC(=O)O)CCCCC1. The fraction of sp³-hybridized carbons (Fsp3) is 0.957. The number of carbonyl (C=O) groups is 1. The molecule has 1 rings (SSSR count). The number of unbranched alkanes of at least 4 members (excludes halogenated alkanes) is 13. The van der Waals surface area contributed by atoms with Crippen molar-refractivity contribution >= 4 is 5.97 Å². The minimum absolute atomic E-state index is 0.346. The van der Waals surface area contributed by atoms with Crippen LogP contribution in [0.2, 0.25) is 0 Å². The maximum Gasteiger partial charge on any atom is 0.359 e. The third-order valence-corrected chi connectivity index (χ3v) is 6.22. The van der Waals surface area contributed by atoms with Crippen molar-refractivity contribution in [1.82, 2.24) is 0 Å². The summed E-state index contributed by atoms with van der Waals surface area (Å²) in [5.41, 5.74) is 0. The number of quaternary nitrogens is 1. The van der Waals surface area contributed by atoms with E-state index < -0.39 is 5.97 Å². The number of piperidine rings is 1. The Morgan fingerprint density at radius 1 is 0.692 bits per heavy atom. The molecule has 1 N–H and O–H groups in total. The van der Waals surface area contributed by atoms with E-state index in [-0.39, 0.29) is 0 Å². The Morgan fingerprint density at radius 3 is 1.54 bits per heavy atom. The first-order chi connectivity index (χ1) is 12.7. The van der Waals surface area contributed by atoms with Crippen molar-refractivity contribution in [3.63, 3.8) is 0 Å². The third-order valence-electron chi connectivity index (χ3n) is 6.22. The Bertz CT molecular complexity index is 337. The molecule has 154 valence electrons. The zero-order valence-corrected chi connectivity index (χ0v) is 17.7. The summed E-state index contributed by atoms with van der Waals surface area (Å²) in [7, 11) is 0. The molecular formula is C23H46NO2+. The molecule has 3 nitrogen and oxygen atoms in total. The average Bonchev–Trinajstić information content (AvgIpc) is 2.62. The van der Waals surface area contributed by atoms with Crippen LogP contribution in [0.25, 0.3) is 0 Å². The second-order valence-electron chi connectivity index (χ2n) is 8.72. The maximum absolute atomic E-state index is 11.2. The number of aliphatic carboxylic acids is 1. The second-order valence-corrected chi connectivity index (χ2v) is 8.72. The molecule has 1 aliphatic rings. The number of rotatable bonds is 17. The topological polar surface area (TPSA) is 37.3 Å². The van der Waals surface area contributed by atoms with Gasteiger partial charge in [0.1, 0.15) is 0 Å². The van der Waals surface area contributed by atoms with Crippen LogP contribution >= 0.6 is 0 Å². The van der Waals surface area contributed by atoms with E-state index in [2.05, 4.69) is 6.92 Å². The first kappa shape index (κ1) is 23.5. The summed E-state index contributed by atoms with van der Waals surface area (Å²) in [5.74, 6) is -0.614. The molecule has 0 unspecified atom stereocenters. The standard InChI is InChI=1S/C23H45NO2/c1-2-3-4-5-6-7-8-9-10-11-12-13-14-16-19-24(22-23(25)26)20-17-15-18-21-24/h2-22H2,1H3/p+1. The number of nitrogens with zero attached hydrogens (tertiary/aromatic N) is 1. The Hall–Kier alpha value is -0.570. The summed E-state index contributed by atoms with van der Waals surface area (Å²) in [4.78, 5) is 11.2. The minimum atomic E-state index is -0.614. The maximum atomic E-state index is 11.2. The summed E-state index contributed by atoms with van der Waals surface area (Å²) in [6, 6.07) is 0. The summed E-state index contributed by atoms with van der Waals surface area (Å²) < 4.78 is 0.855. The number of likely N-dealkylation sites (tertiary alicyclic amines) is 1. The van der Waals surface area contributed by atoms with Gasteiger partial charge in [0.25, 0.3) is 0 Å². The molecular weight excluding hydrogens is 322 g/mol. The molecule has 1 aliphatic heterocycles. The molecule has 0 amide bonds. The highest BCUT2D eigenvalue weighted by Crippen LogP contribution is 2.21. The molecule has 0 radical (unpaired) electrons. The summed E-state index contributed by atoms with van der Waals surface area (Å²) in [6.45, 7) is 5.89. The zero-order valence-electron chi connectivity index (χ0n) is 17.7. The van der Waals surface area contributed by atoms with Crippen LogP contribution in [0.3, 0.4) is 0 Å². The van der Waals surface area contributed by atoms with Gasteiger partial charge < -0.3 is 9.59 Å². The molecule has 3 heteroatoms. The van der Waals surface area contributed by atoms with Gasteiger partial charge in [0.05, 0.1) is 19.6 Å². The van der Waals surface area contributed by atoms with Crippen LogP contribution in [0.1, 0.15) is 116 Å². The fourth-order valence-electron chi connectivity index (χ4n) is 4.57. The van der Waals surface area contributed by atoms with Crippen molar-refractivity contribution in [2.75, 3.05) is 26.2 Å². The van der Waals surface area contributed by atoms with Gasteiger partial charge in [-0.15, -0.1) is 0 Å². The molecule has 0 aromatic carbocycles. The van der Waals surface area contributed by atoms with E-state index in [1.165, 1.54) is 109 Å². The van der Waals surface area contributed by atoms with E-state index in [4.69, 9.17) is 0 Å². The molecule has 26 heavy (non-hydrogen) atoms. The largest absolute Gasteiger partial charge is 0.477 e. The van der Waals surface area contributed by atoms with Crippen molar-refractivity contribution in [2.45, 2.75) is 116 Å². The third kappa shape index (κ3) is 11.9. The lowest BCUT2D eigenvalue weighted by molar-refractivity contribution is -0.926. The molecule has 0 spiro atoms. The van der Waals surface area contributed by atoms with Crippen LogP contribution in [0.15, 0.2) is 0 Å². The van der Waals surface area contributed by atoms with Gasteiger partial charge >= 0.3 is 5.97 Å². The minimum Gasteiger partial charge on any atom is -0.477 e. The van der Waals surface area contributed by atoms with E-state index in [0.29, 0.717) is 6.54 Å². The Morgan fingerprint density at radius 2 is 1.12 bits per heavy atom. The van der Waals surface area contributed by atoms with E-state index in [1.807, 2.05) is 0 Å². The van der Waals surface area contributed by atoms with Crippen molar-refractivity contribution in [2.24, 2.45) is 0 Å². The second kappa shape index (κ2) is 15.5.